The second-order valence-corrected chi connectivity index (χ2v) is 4.48. The summed E-state index contributed by atoms with van der Waals surface area (Å²) in [7, 11) is 0. The van der Waals surface area contributed by atoms with E-state index in [4.69, 9.17) is 11.5 Å². The molecule has 1 aromatic heterocycles. The van der Waals surface area contributed by atoms with Crippen LogP contribution in [-0.4, -0.2) is 16.8 Å². The van der Waals surface area contributed by atoms with Gasteiger partial charge in [0.25, 0.3) is 0 Å². The predicted octanol–water partition coefficient (Wildman–Crippen LogP) is 1.53. The summed E-state index contributed by atoms with van der Waals surface area (Å²) in [4.78, 5) is 15.9. The lowest BCUT2D eigenvalue weighted by molar-refractivity contribution is 0.0968. The van der Waals surface area contributed by atoms with Gasteiger partial charge in [-0.15, -0.1) is 0 Å². The molecule has 0 aliphatic rings. The Kier molecular flexibility index (Phi) is 4.01. The largest absolute Gasteiger partial charge is 0.383 e. The molecule has 0 bridgehead atoms. The number of carbonyl (C=O) groups is 1. The second kappa shape index (κ2) is 5.07. The highest BCUT2D eigenvalue weighted by molar-refractivity contribution is 6.00. The maximum atomic E-state index is 11.9. The van der Waals surface area contributed by atoms with Gasteiger partial charge in [-0.2, -0.15) is 0 Å². The van der Waals surface area contributed by atoms with Crippen molar-refractivity contribution >= 4 is 11.6 Å². The number of nitrogen functional groups attached to an aromatic ring is 1. The zero-order chi connectivity index (χ0) is 12.3. The van der Waals surface area contributed by atoms with Crippen LogP contribution in [0.5, 0.6) is 0 Å². The molecular weight excluding hydrogens is 202 g/mol. The molecule has 0 saturated carbocycles. The van der Waals surface area contributed by atoms with Crippen LogP contribution in [0.4, 0.5) is 5.82 Å². The Morgan fingerprint density at radius 3 is 2.69 bits per heavy atom. The molecule has 0 radical (unpaired) electrons. The number of Topliss-reactive ketones (excluding diaryl/α,β-unsaturated/α-hetero) is 1. The van der Waals surface area contributed by atoms with Gasteiger partial charge in [0, 0.05) is 18.7 Å². The molecule has 0 aromatic carbocycles. The molecule has 1 unspecified atom stereocenters. The molecule has 1 rings (SSSR count). The van der Waals surface area contributed by atoms with Crippen LogP contribution in [0.25, 0.3) is 0 Å². The van der Waals surface area contributed by atoms with Crippen molar-refractivity contribution in [2.24, 2.45) is 11.7 Å². The van der Waals surface area contributed by atoms with Gasteiger partial charge >= 0.3 is 0 Å². The molecule has 0 saturated heterocycles. The summed E-state index contributed by atoms with van der Waals surface area (Å²) >= 11 is 0. The van der Waals surface area contributed by atoms with E-state index in [0.717, 1.165) is 5.56 Å². The Balaban J connectivity index is 2.84. The molecule has 0 amide bonds. The monoisotopic (exact) mass is 221 g/mol. The minimum absolute atomic E-state index is 0.0325. The van der Waals surface area contributed by atoms with Gasteiger partial charge in [0.05, 0.1) is 5.56 Å². The summed E-state index contributed by atoms with van der Waals surface area (Å²) in [6.07, 6.45) is 1.96. The average Bonchev–Trinajstić information content (AvgIpc) is 2.21. The smallest absolute Gasteiger partial charge is 0.168 e. The molecule has 0 fully saturated rings. The standard InChI is InChI=1S/C12H19N3O/c1-7(2)10(13)5-11(16)9-4-8(3)6-15-12(9)14/h4,6-7,10H,5,13H2,1-3H3,(H2,14,15). The van der Waals surface area contributed by atoms with Crippen molar-refractivity contribution in [3.05, 3.63) is 23.4 Å². The van der Waals surface area contributed by atoms with Crippen LogP contribution >= 0.6 is 0 Å². The van der Waals surface area contributed by atoms with Crippen molar-refractivity contribution in [3.63, 3.8) is 0 Å². The number of carbonyl (C=O) groups excluding carboxylic acids is 1. The van der Waals surface area contributed by atoms with E-state index in [-0.39, 0.29) is 23.6 Å². The summed E-state index contributed by atoms with van der Waals surface area (Å²) < 4.78 is 0. The zero-order valence-corrected chi connectivity index (χ0v) is 10.0. The van der Waals surface area contributed by atoms with E-state index in [9.17, 15) is 4.79 Å². The number of nitrogens with zero attached hydrogens (tertiary/aromatic N) is 1. The molecule has 0 aliphatic carbocycles. The van der Waals surface area contributed by atoms with Crippen molar-refractivity contribution in [2.75, 3.05) is 5.73 Å². The molecule has 0 aliphatic heterocycles. The summed E-state index contributed by atoms with van der Waals surface area (Å²) in [5.74, 6) is 0.532. The first-order valence-electron chi connectivity index (χ1n) is 5.42. The fourth-order valence-electron chi connectivity index (χ4n) is 1.36. The number of aromatic nitrogens is 1. The first-order chi connectivity index (χ1) is 7.41. The second-order valence-electron chi connectivity index (χ2n) is 4.48. The molecule has 16 heavy (non-hydrogen) atoms. The Morgan fingerprint density at radius 2 is 2.12 bits per heavy atom. The number of ketones is 1. The van der Waals surface area contributed by atoms with Gasteiger partial charge in [-0.05, 0) is 24.5 Å². The van der Waals surface area contributed by atoms with Gasteiger partial charge in [-0.1, -0.05) is 13.8 Å². The third kappa shape index (κ3) is 3.03. The van der Waals surface area contributed by atoms with Gasteiger partial charge in [-0.25, -0.2) is 4.98 Å². The highest BCUT2D eigenvalue weighted by Gasteiger charge is 2.17. The summed E-state index contributed by atoms with van der Waals surface area (Å²) in [6, 6.07) is 1.63. The van der Waals surface area contributed by atoms with Gasteiger partial charge in [0.2, 0.25) is 0 Å². The van der Waals surface area contributed by atoms with Crippen molar-refractivity contribution in [2.45, 2.75) is 33.2 Å². The SMILES string of the molecule is Cc1cnc(N)c(C(=O)CC(N)C(C)C)c1. The molecule has 0 spiro atoms. The van der Waals surface area contributed by atoms with Crippen LogP contribution < -0.4 is 11.5 Å². The van der Waals surface area contributed by atoms with Crippen LogP contribution in [0.15, 0.2) is 12.3 Å². The third-order valence-electron chi connectivity index (χ3n) is 2.63. The minimum atomic E-state index is -0.132. The number of pyridine rings is 1. The number of nitrogens with two attached hydrogens (primary N) is 2. The van der Waals surface area contributed by atoms with Crippen LogP contribution in [0.2, 0.25) is 0 Å². The molecule has 1 atom stereocenters. The number of rotatable bonds is 4. The van der Waals surface area contributed by atoms with Gasteiger partial charge in [0.1, 0.15) is 5.82 Å². The molecule has 1 aromatic rings. The maximum absolute atomic E-state index is 11.9. The molecule has 4 nitrogen and oxygen atoms in total. The van der Waals surface area contributed by atoms with Crippen LogP contribution in [0, 0.1) is 12.8 Å². The normalized spacial score (nSPS) is 12.8. The highest BCUT2D eigenvalue weighted by Crippen LogP contribution is 2.15. The lowest BCUT2D eigenvalue weighted by Gasteiger charge is -2.15. The number of anilines is 1. The highest BCUT2D eigenvalue weighted by atomic mass is 16.1. The summed E-state index contributed by atoms with van der Waals surface area (Å²) in [6.45, 7) is 5.87. The van der Waals surface area contributed by atoms with Crippen molar-refractivity contribution in [1.82, 2.24) is 4.98 Å². The van der Waals surface area contributed by atoms with Crippen molar-refractivity contribution < 1.29 is 4.79 Å². The fourth-order valence-corrected chi connectivity index (χ4v) is 1.36. The van der Waals surface area contributed by atoms with Crippen LogP contribution in [-0.2, 0) is 0 Å². The fraction of sp³-hybridized carbons (Fsp3) is 0.500. The zero-order valence-electron chi connectivity index (χ0n) is 10.0. The van der Waals surface area contributed by atoms with E-state index < -0.39 is 0 Å². The third-order valence-corrected chi connectivity index (χ3v) is 2.63. The van der Waals surface area contributed by atoms with E-state index >= 15 is 0 Å². The summed E-state index contributed by atoms with van der Waals surface area (Å²) in [5, 5.41) is 0. The molecule has 1 heterocycles. The first kappa shape index (κ1) is 12.6. The first-order valence-corrected chi connectivity index (χ1v) is 5.42. The lowest BCUT2D eigenvalue weighted by atomic mass is 9.96. The Morgan fingerprint density at radius 1 is 1.50 bits per heavy atom. The minimum Gasteiger partial charge on any atom is -0.383 e. The lowest BCUT2D eigenvalue weighted by Crippen LogP contribution is -2.29. The Hall–Kier alpha value is -1.42. The number of hydrogen-bond donors (Lipinski definition) is 2. The quantitative estimate of drug-likeness (QED) is 0.755. The Labute approximate surface area is 96.0 Å². The van der Waals surface area contributed by atoms with E-state index in [1.165, 1.54) is 0 Å². The van der Waals surface area contributed by atoms with Gasteiger partial charge in [-0.3, -0.25) is 4.79 Å². The molecule has 88 valence electrons. The maximum Gasteiger partial charge on any atom is 0.168 e. The van der Waals surface area contributed by atoms with Crippen LogP contribution in [0.1, 0.15) is 36.2 Å². The molecule has 4 N–H and O–H groups in total. The van der Waals surface area contributed by atoms with E-state index in [1.807, 2.05) is 20.8 Å². The van der Waals surface area contributed by atoms with Crippen LogP contribution in [0.3, 0.4) is 0 Å². The average molecular weight is 221 g/mol. The van der Waals surface area contributed by atoms with E-state index in [0.29, 0.717) is 12.0 Å². The van der Waals surface area contributed by atoms with E-state index in [2.05, 4.69) is 4.98 Å². The van der Waals surface area contributed by atoms with Gasteiger partial charge in [0.15, 0.2) is 5.78 Å². The van der Waals surface area contributed by atoms with Gasteiger partial charge < -0.3 is 11.5 Å². The number of hydrogen-bond acceptors (Lipinski definition) is 4. The molecule has 4 heteroatoms. The number of aryl methyl sites for hydroxylation is 1. The summed E-state index contributed by atoms with van der Waals surface area (Å²) in [5.41, 5.74) is 12.9. The topological polar surface area (TPSA) is 82.0 Å². The van der Waals surface area contributed by atoms with Crippen molar-refractivity contribution in [3.8, 4) is 0 Å². The Bertz CT molecular complexity index is 388. The predicted molar refractivity (Wildman–Crippen MR) is 65.1 cm³/mol. The van der Waals surface area contributed by atoms with E-state index in [1.54, 1.807) is 12.3 Å². The molecular formula is C12H19N3O. The van der Waals surface area contributed by atoms with Crippen molar-refractivity contribution in [1.29, 1.82) is 0 Å².